The number of nitrogens with one attached hydrogen (secondary N) is 1. The number of halogens is 2. The second-order valence-electron chi connectivity index (χ2n) is 7.95. The number of anilines is 1. The molecule has 1 aliphatic rings. The number of hydrogen-bond acceptors (Lipinski definition) is 5. The number of carbonyl (C=O) groups excluding carboxylic acids is 1. The smallest absolute Gasteiger partial charge is 0.322 e. The van der Waals surface area contributed by atoms with Gasteiger partial charge in [-0.3, -0.25) is 4.90 Å². The maximum Gasteiger partial charge on any atom is 0.322 e. The minimum absolute atomic E-state index is 0.164. The van der Waals surface area contributed by atoms with Crippen LogP contribution in [0.4, 0.5) is 19.3 Å². The standard InChI is InChI=1S/C24H22F2N6OS/c25-19-5-1-17(2-6-19)22(18-3-7-20(26)8-4-18)30-10-12-31(13-11-30)23(33)29-21-15-28-32(16-21)24-27-9-14-34-24/h1-9,14-16,22H,10-13H2,(H,29,33). The van der Waals surface area contributed by atoms with Crippen LogP contribution in [0.5, 0.6) is 0 Å². The van der Waals surface area contributed by atoms with Gasteiger partial charge in [0.25, 0.3) is 0 Å². The molecule has 1 aliphatic heterocycles. The third-order valence-corrected chi connectivity index (χ3v) is 6.55. The Morgan fingerprint density at radius 2 is 1.56 bits per heavy atom. The summed E-state index contributed by atoms with van der Waals surface area (Å²) >= 11 is 1.46. The van der Waals surface area contributed by atoms with Gasteiger partial charge in [-0.15, -0.1) is 11.3 Å². The van der Waals surface area contributed by atoms with Crippen molar-refractivity contribution in [3.63, 3.8) is 0 Å². The molecule has 0 saturated carbocycles. The van der Waals surface area contributed by atoms with E-state index < -0.39 is 0 Å². The van der Waals surface area contributed by atoms with Gasteiger partial charge in [0.15, 0.2) is 0 Å². The van der Waals surface area contributed by atoms with E-state index in [4.69, 9.17) is 0 Å². The van der Waals surface area contributed by atoms with Crippen LogP contribution < -0.4 is 5.32 Å². The highest BCUT2D eigenvalue weighted by atomic mass is 32.1. The number of benzene rings is 2. The molecular formula is C24H22F2N6OS. The molecule has 174 valence electrons. The number of piperazine rings is 1. The lowest BCUT2D eigenvalue weighted by atomic mass is 9.96. The van der Waals surface area contributed by atoms with Crippen LogP contribution in [-0.2, 0) is 0 Å². The summed E-state index contributed by atoms with van der Waals surface area (Å²) in [6, 6.07) is 12.4. The van der Waals surface area contributed by atoms with Crippen LogP contribution in [0.3, 0.4) is 0 Å². The van der Waals surface area contributed by atoms with Crippen molar-refractivity contribution in [3.05, 3.63) is 95.3 Å². The maximum absolute atomic E-state index is 13.5. The van der Waals surface area contributed by atoms with Gasteiger partial charge in [-0.1, -0.05) is 24.3 Å². The van der Waals surface area contributed by atoms with Gasteiger partial charge in [0.05, 0.1) is 24.1 Å². The lowest BCUT2D eigenvalue weighted by molar-refractivity contribution is 0.126. The third-order valence-electron chi connectivity index (χ3n) is 5.79. The Labute approximate surface area is 199 Å². The van der Waals surface area contributed by atoms with E-state index in [0.29, 0.717) is 31.9 Å². The predicted octanol–water partition coefficient (Wildman–Crippen LogP) is 4.55. The van der Waals surface area contributed by atoms with Crippen LogP contribution in [0, 0.1) is 11.6 Å². The highest BCUT2D eigenvalue weighted by Crippen LogP contribution is 2.30. The number of amides is 2. The van der Waals surface area contributed by atoms with Crippen LogP contribution in [0.25, 0.3) is 5.13 Å². The minimum atomic E-state index is -0.304. The highest BCUT2D eigenvalue weighted by molar-refractivity contribution is 7.12. The zero-order chi connectivity index (χ0) is 23.5. The van der Waals surface area contributed by atoms with Crippen LogP contribution in [0.15, 0.2) is 72.5 Å². The van der Waals surface area contributed by atoms with Gasteiger partial charge >= 0.3 is 6.03 Å². The number of urea groups is 1. The summed E-state index contributed by atoms with van der Waals surface area (Å²) in [5.41, 5.74) is 2.43. The monoisotopic (exact) mass is 480 g/mol. The zero-order valence-corrected chi connectivity index (χ0v) is 19.0. The first-order valence-electron chi connectivity index (χ1n) is 10.8. The van der Waals surface area contributed by atoms with Crippen molar-refractivity contribution in [2.75, 3.05) is 31.5 Å². The quantitative estimate of drug-likeness (QED) is 0.455. The average molecular weight is 481 g/mol. The number of rotatable bonds is 5. The van der Waals surface area contributed by atoms with Crippen molar-refractivity contribution in [1.82, 2.24) is 24.6 Å². The molecule has 0 atom stereocenters. The number of thiazole rings is 1. The molecule has 4 aromatic rings. The molecule has 0 spiro atoms. The number of hydrogen-bond donors (Lipinski definition) is 1. The van der Waals surface area contributed by atoms with E-state index in [9.17, 15) is 13.6 Å². The number of aromatic nitrogens is 3. The van der Waals surface area contributed by atoms with Crippen molar-refractivity contribution in [2.24, 2.45) is 0 Å². The predicted molar refractivity (Wildman–Crippen MR) is 126 cm³/mol. The van der Waals surface area contributed by atoms with E-state index in [0.717, 1.165) is 16.3 Å². The molecule has 5 rings (SSSR count). The molecule has 2 aromatic heterocycles. The molecule has 0 radical (unpaired) electrons. The van der Waals surface area contributed by atoms with Crippen LogP contribution in [0.1, 0.15) is 17.2 Å². The molecule has 1 N–H and O–H groups in total. The maximum atomic E-state index is 13.5. The van der Waals surface area contributed by atoms with Crippen LogP contribution >= 0.6 is 11.3 Å². The van der Waals surface area contributed by atoms with E-state index in [1.54, 1.807) is 52.4 Å². The summed E-state index contributed by atoms with van der Waals surface area (Å²) in [7, 11) is 0. The van der Waals surface area contributed by atoms with Gasteiger partial charge in [-0.25, -0.2) is 23.2 Å². The molecule has 34 heavy (non-hydrogen) atoms. The Morgan fingerprint density at radius 3 is 2.12 bits per heavy atom. The van der Waals surface area contributed by atoms with Gasteiger partial charge in [0, 0.05) is 37.8 Å². The molecule has 3 heterocycles. The molecule has 0 aliphatic carbocycles. The Morgan fingerprint density at radius 1 is 0.941 bits per heavy atom. The van der Waals surface area contributed by atoms with E-state index in [2.05, 4.69) is 20.3 Å². The summed E-state index contributed by atoms with van der Waals surface area (Å²) in [5.74, 6) is -0.609. The first kappa shape index (κ1) is 22.2. The first-order valence-corrected chi connectivity index (χ1v) is 11.7. The van der Waals surface area contributed by atoms with Gasteiger partial charge in [-0.2, -0.15) is 5.10 Å². The van der Waals surface area contributed by atoms with Gasteiger partial charge in [0.2, 0.25) is 5.13 Å². The molecule has 0 unspecified atom stereocenters. The largest absolute Gasteiger partial charge is 0.322 e. The van der Waals surface area contributed by atoms with E-state index in [1.165, 1.54) is 35.6 Å². The Kier molecular flexibility index (Phi) is 6.33. The molecule has 10 heteroatoms. The second kappa shape index (κ2) is 9.70. The molecule has 1 fully saturated rings. The molecule has 0 bridgehead atoms. The van der Waals surface area contributed by atoms with E-state index in [-0.39, 0.29) is 23.7 Å². The molecule has 2 amide bonds. The van der Waals surface area contributed by atoms with Crippen molar-refractivity contribution in [1.29, 1.82) is 0 Å². The minimum Gasteiger partial charge on any atom is -0.322 e. The van der Waals surface area contributed by atoms with Gasteiger partial charge in [-0.05, 0) is 35.4 Å². The van der Waals surface area contributed by atoms with Gasteiger partial charge in [0.1, 0.15) is 11.6 Å². The normalized spacial score (nSPS) is 14.5. The van der Waals surface area contributed by atoms with Crippen LogP contribution in [0.2, 0.25) is 0 Å². The highest BCUT2D eigenvalue weighted by Gasteiger charge is 2.28. The lowest BCUT2D eigenvalue weighted by Crippen LogP contribution is -2.51. The van der Waals surface area contributed by atoms with Crippen LogP contribution in [-0.4, -0.2) is 56.8 Å². The molecular weight excluding hydrogens is 458 g/mol. The Balaban J connectivity index is 1.26. The summed E-state index contributed by atoms with van der Waals surface area (Å²) in [6.07, 6.45) is 5.02. The fraction of sp³-hybridized carbons (Fsp3) is 0.208. The Hall–Kier alpha value is -3.63. The third kappa shape index (κ3) is 4.82. The second-order valence-corrected chi connectivity index (χ2v) is 8.82. The lowest BCUT2D eigenvalue weighted by Gasteiger charge is -2.39. The first-order chi connectivity index (χ1) is 16.6. The van der Waals surface area contributed by atoms with Crippen molar-refractivity contribution in [2.45, 2.75) is 6.04 Å². The fourth-order valence-electron chi connectivity index (χ4n) is 4.11. The molecule has 1 saturated heterocycles. The average Bonchev–Trinajstić information content (AvgIpc) is 3.54. The topological polar surface area (TPSA) is 66.3 Å². The zero-order valence-electron chi connectivity index (χ0n) is 18.1. The molecule has 7 nitrogen and oxygen atoms in total. The van der Waals surface area contributed by atoms with Crippen molar-refractivity contribution in [3.8, 4) is 5.13 Å². The summed E-state index contributed by atoms with van der Waals surface area (Å²) in [6.45, 7) is 2.27. The number of nitrogens with zero attached hydrogens (tertiary/aromatic N) is 5. The SMILES string of the molecule is O=C(Nc1cnn(-c2nccs2)c1)N1CCN(C(c2ccc(F)cc2)c2ccc(F)cc2)CC1. The van der Waals surface area contributed by atoms with E-state index >= 15 is 0 Å². The summed E-state index contributed by atoms with van der Waals surface area (Å²) < 4.78 is 28.7. The summed E-state index contributed by atoms with van der Waals surface area (Å²) in [4.78, 5) is 21.0. The van der Waals surface area contributed by atoms with Crippen molar-refractivity contribution >= 4 is 23.1 Å². The number of carbonyl (C=O) groups is 1. The van der Waals surface area contributed by atoms with Crippen molar-refractivity contribution < 1.29 is 13.6 Å². The summed E-state index contributed by atoms with van der Waals surface area (Å²) in [5, 5.41) is 9.72. The molecule has 2 aromatic carbocycles. The van der Waals surface area contributed by atoms with E-state index in [1.807, 2.05) is 5.38 Å². The Bertz CT molecular complexity index is 1190. The van der Waals surface area contributed by atoms with Gasteiger partial charge < -0.3 is 10.2 Å². The fourth-order valence-corrected chi connectivity index (χ4v) is 4.68.